The third-order valence-corrected chi connectivity index (χ3v) is 2.59. The van der Waals surface area contributed by atoms with Gasteiger partial charge in [-0.15, -0.1) is 0 Å². The maximum Gasteiger partial charge on any atom is 0.316 e. The van der Waals surface area contributed by atoms with Crippen LogP contribution in [-0.2, 0) is 15.6 Å². The Kier molecular flexibility index (Phi) is 3.79. The number of aromatic nitrogens is 2. The molecular formula is C6H4Cl2N2O3S. The maximum atomic E-state index is 11.2. The molecule has 0 spiro atoms. The molecule has 0 saturated heterocycles. The molecule has 1 aromatic heterocycles. The first kappa shape index (κ1) is 11.4. The summed E-state index contributed by atoms with van der Waals surface area (Å²) in [4.78, 5) is 17.4. The van der Waals surface area contributed by atoms with Gasteiger partial charge >= 0.3 is 5.97 Å². The predicted octanol–water partition coefficient (Wildman–Crippen LogP) is 0.976. The van der Waals surface area contributed by atoms with Gasteiger partial charge in [0.1, 0.15) is 26.9 Å². The summed E-state index contributed by atoms with van der Waals surface area (Å²) in [6, 6.07) is 1.27. The molecule has 1 aromatic rings. The zero-order valence-electron chi connectivity index (χ0n) is 6.61. The fourth-order valence-electron chi connectivity index (χ4n) is 0.649. The average molecular weight is 255 g/mol. The molecule has 0 amide bonds. The van der Waals surface area contributed by atoms with E-state index in [0.29, 0.717) is 0 Å². The van der Waals surface area contributed by atoms with Crippen molar-refractivity contribution >= 4 is 40.0 Å². The molecule has 1 N–H and O–H groups in total. The number of rotatable bonds is 3. The molecule has 0 aliphatic carbocycles. The van der Waals surface area contributed by atoms with E-state index in [2.05, 4.69) is 9.97 Å². The van der Waals surface area contributed by atoms with Gasteiger partial charge in [-0.2, -0.15) is 0 Å². The van der Waals surface area contributed by atoms with Crippen LogP contribution in [0.4, 0.5) is 0 Å². The zero-order valence-corrected chi connectivity index (χ0v) is 8.94. The summed E-state index contributed by atoms with van der Waals surface area (Å²) in [5, 5.41) is 8.25. The minimum Gasteiger partial charge on any atom is -0.481 e. The zero-order chi connectivity index (χ0) is 10.7. The number of halogens is 2. The Morgan fingerprint density at radius 1 is 1.43 bits per heavy atom. The number of carboxylic acids is 1. The first-order valence-electron chi connectivity index (χ1n) is 3.29. The van der Waals surface area contributed by atoms with E-state index in [1.54, 1.807) is 0 Å². The van der Waals surface area contributed by atoms with E-state index in [9.17, 15) is 9.00 Å². The minimum absolute atomic E-state index is 0.0266. The van der Waals surface area contributed by atoms with Crippen molar-refractivity contribution in [2.45, 2.75) is 5.16 Å². The van der Waals surface area contributed by atoms with Gasteiger partial charge in [-0.05, 0) is 0 Å². The summed E-state index contributed by atoms with van der Waals surface area (Å²) < 4.78 is 11.2. The lowest BCUT2D eigenvalue weighted by Crippen LogP contribution is -2.11. The summed E-state index contributed by atoms with van der Waals surface area (Å²) in [7, 11) is -1.82. The van der Waals surface area contributed by atoms with Crippen LogP contribution in [-0.4, -0.2) is 31.0 Å². The van der Waals surface area contributed by atoms with Gasteiger partial charge in [-0.3, -0.25) is 9.00 Å². The average Bonchev–Trinajstić information content (AvgIpc) is 2.00. The molecule has 14 heavy (non-hydrogen) atoms. The second kappa shape index (κ2) is 4.68. The fraction of sp³-hybridized carbons (Fsp3) is 0.167. The molecule has 1 rings (SSSR count). The SMILES string of the molecule is O=C(O)CS(=O)c1nc(Cl)cc(Cl)n1. The van der Waals surface area contributed by atoms with Crippen LogP contribution in [0, 0.1) is 0 Å². The summed E-state index contributed by atoms with van der Waals surface area (Å²) in [5.41, 5.74) is 0. The molecule has 76 valence electrons. The Balaban J connectivity index is 2.95. The summed E-state index contributed by atoms with van der Waals surface area (Å²) in [5.74, 6) is -1.78. The number of carbonyl (C=O) groups is 1. The first-order valence-corrected chi connectivity index (χ1v) is 5.37. The van der Waals surface area contributed by atoms with Crippen molar-refractivity contribution in [1.29, 1.82) is 0 Å². The van der Waals surface area contributed by atoms with E-state index >= 15 is 0 Å². The van der Waals surface area contributed by atoms with Crippen molar-refractivity contribution in [1.82, 2.24) is 9.97 Å². The van der Waals surface area contributed by atoms with Crippen LogP contribution >= 0.6 is 23.2 Å². The van der Waals surface area contributed by atoms with Gasteiger partial charge in [0, 0.05) is 6.07 Å². The third-order valence-electron chi connectivity index (χ3n) is 1.10. The summed E-state index contributed by atoms with van der Waals surface area (Å²) in [6.45, 7) is 0. The second-order valence-electron chi connectivity index (χ2n) is 2.18. The topological polar surface area (TPSA) is 80.1 Å². The number of aliphatic carboxylic acids is 1. The number of nitrogens with zero attached hydrogens (tertiary/aromatic N) is 2. The van der Waals surface area contributed by atoms with Crippen molar-refractivity contribution in [3.8, 4) is 0 Å². The molecule has 0 aromatic carbocycles. The van der Waals surface area contributed by atoms with Crippen LogP contribution in [0.1, 0.15) is 0 Å². The normalized spacial score (nSPS) is 12.4. The second-order valence-corrected chi connectivity index (χ2v) is 4.30. The van der Waals surface area contributed by atoms with Crippen molar-refractivity contribution in [2.75, 3.05) is 5.75 Å². The fourth-order valence-corrected chi connectivity index (χ4v) is 1.93. The Morgan fingerprint density at radius 3 is 2.36 bits per heavy atom. The standard InChI is InChI=1S/C6H4Cl2N2O3S/c7-3-1-4(8)10-6(9-3)14(13)2-5(11)12/h1H,2H2,(H,11,12). The monoisotopic (exact) mass is 254 g/mol. The van der Waals surface area contributed by atoms with Gasteiger partial charge in [-0.1, -0.05) is 23.2 Å². The van der Waals surface area contributed by atoms with Crippen LogP contribution < -0.4 is 0 Å². The quantitative estimate of drug-likeness (QED) is 0.643. The van der Waals surface area contributed by atoms with Gasteiger partial charge < -0.3 is 5.11 Å². The van der Waals surface area contributed by atoms with Crippen molar-refractivity contribution in [2.24, 2.45) is 0 Å². The van der Waals surface area contributed by atoms with E-state index in [-0.39, 0.29) is 15.5 Å². The summed E-state index contributed by atoms with van der Waals surface area (Å²) in [6.07, 6.45) is 0. The highest BCUT2D eigenvalue weighted by Gasteiger charge is 2.13. The molecule has 0 aliphatic rings. The van der Waals surface area contributed by atoms with Gasteiger partial charge in [0.25, 0.3) is 0 Å². The van der Waals surface area contributed by atoms with E-state index < -0.39 is 22.5 Å². The summed E-state index contributed by atoms with van der Waals surface area (Å²) >= 11 is 11.0. The molecule has 0 saturated carbocycles. The highest BCUT2D eigenvalue weighted by molar-refractivity contribution is 7.85. The Hall–Kier alpha value is -0.720. The lowest BCUT2D eigenvalue weighted by atomic mass is 10.7. The maximum absolute atomic E-state index is 11.2. The van der Waals surface area contributed by atoms with Crippen molar-refractivity contribution in [3.05, 3.63) is 16.4 Å². The highest BCUT2D eigenvalue weighted by atomic mass is 35.5. The highest BCUT2D eigenvalue weighted by Crippen LogP contribution is 2.13. The molecule has 5 nitrogen and oxygen atoms in total. The molecule has 0 aliphatic heterocycles. The van der Waals surface area contributed by atoms with Crippen LogP contribution in [0.2, 0.25) is 10.3 Å². The minimum atomic E-state index is -1.82. The van der Waals surface area contributed by atoms with E-state index in [4.69, 9.17) is 28.3 Å². The number of hydrogen-bond acceptors (Lipinski definition) is 4. The van der Waals surface area contributed by atoms with Crippen LogP contribution in [0.25, 0.3) is 0 Å². The smallest absolute Gasteiger partial charge is 0.316 e. The van der Waals surface area contributed by atoms with Crippen LogP contribution in [0.3, 0.4) is 0 Å². The Labute approximate surface area is 91.5 Å². The van der Waals surface area contributed by atoms with Gasteiger partial charge in [0.2, 0.25) is 5.16 Å². The van der Waals surface area contributed by atoms with E-state index in [0.717, 1.165) is 0 Å². The molecule has 0 fully saturated rings. The molecule has 1 unspecified atom stereocenters. The van der Waals surface area contributed by atoms with E-state index in [1.807, 2.05) is 0 Å². The first-order chi connectivity index (χ1) is 6.49. The number of hydrogen-bond donors (Lipinski definition) is 1. The third kappa shape index (κ3) is 3.21. The molecule has 1 heterocycles. The Bertz CT molecular complexity index is 378. The molecule has 0 bridgehead atoms. The van der Waals surface area contributed by atoms with Gasteiger partial charge in [0.05, 0.1) is 0 Å². The van der Waals surface area contributed by atoms with Crippen molar-refractivity contribution in [3.63, 3.8) is 0 Å². The lowest BCUT2D eigenvalue weighted by Gasteiger charge is -1.98. The van der Waals surface area contributed by atoms with Crippen molar-refractivity contribution < 1.29 is 14.1 Å². The van der Waals surface area contributed by atoms with Crippen LogP contribution in [0.15, 0.2) is 11.2 Å². The van der Waals surface area contributed by atoms with Gasteiger partial charge in [-0.25, -0.2) is 9.97 Å². The molecule has 8 heteroatoms. The lowest BCUT2D eigenvalue weighted by molar-refractivity contribution is -0.133. The molecule has 0 radical (unpaired) electrons. The molecule has 1 atom stereocenters. The Morgan fingerprint density at radius 2 is 1.93 bits per heavy atom. The van der Waals surface area contributed by atoms with E-state index in [1.165, 1.54) is 6.07 Å². The predicted molar refractivity (Wildman–Crippen MR) is 51.0 cm³/mol. The molecular weight excluding hydrogens is 251 g/mol. The van der Waals surface area contributed by atoms with Crippen LogP contribution in [0.5, 0.6) is 0 Å². The van der Waals surface area contributed by atoms with Gasteiger partial charge in [0.15, 0.2) is 0 Å². The largest absolute Gasteiger partial charge is 0.481 e. The number of carboxylic acid groups (broad SMARTS) is 1.